The Morgan fingerprint density at radius 2 is 1.96 bits per heavy atom. The number of primary amides is 1. The maximum absolute atomic E-state index is 11.0. The second kappa shape index (κ2) is 7.45. The van der Waals surface area contributed by atoms with Crippen LogP contribution in [0.4, 0.5) is 5.95 Å². The Labute approximate surface area is 151 Å². The lowest BCUT2D eigenvalue weighted by atomic mass is 9.99. The first-order valence-electron chi connectivity index (χ1n) is 8.03. The molecule has 2 aromatic carbocycles. The molecule has 0 aliphatic heterocycles. The minimum atomic E-state index is -0.490. The lowest BCUT2D eigenvalue weighted by Crippen LogP contribution is -2.22. The maximum atomic E-state index is 11.0. The Morgan fingerprint density at radius 1 is 1.19 bits per heavy atom. The van der Waals surface area contributed by atoms with Crippen molar-refractivity contribution in [3.8, 4) is 28.5 Å². The second-order valence-corrected chi connectivity index (χ2v) is 5.83. The van der Waals surface area contributed by atoms with Crippen LogP contribution in [0.25, 0.3) is 22.4 Å². The van der Waals surface area contributed by atoms with Crippen molar-refractivity contribution in [1.29, 1.82) is 5.26 Å². The quantitative estimate of drug-likeness (QED) is 0.741. The number of nitrogens with zero attached hydrogens (tertiary/aromatic N) is 3. The van der Waals surface area contributed by atoms with Crippen molar-refractivity contribution in [2.45, 2.75) is 6.92 Å². The van der Waals surface area contributed by atoms with Gasteiger partial charge in [-0.05, 0) is 24.6 Å². The first-order chi connectivity index (χ1) is 12.6. The van der Waals surface area contributed by atoms with Crippen LogP contribution in [0.3, 0.4) is 0 Å². The number of carbonyl (C=O) groups is 1. The van der Waals surface area contributed by atoms with Crippen LogP contribution in [0.1, 0.15) is 11.1 Å². The zero-order valence-electron chi connectivity index (χ0n) is 14.2. The Balaban J connectivity index is 2.11. The molecule has 0 atom stereocenters. The molecule has 3 aromatic rings. The highest BCUT2D eigenvalue weighted by molar-refractivity contribution is 5.82. The van der Waals surface area contributed by atoms with Gasteiger partial charge in [0.25, 0.3) is 0 Å². The first-order valence-corrected chi connectivity index (χ1v) is 8.03. The molecule has 3 N–H and O–H groups in total. The summed E-state index contributed by atoms with van der Waals surface area (Å²) in [5.74, 6) is -0.171. The van der Waals surface area contributed by atoms with E-state index in [0.717, 1.165) is 22.3 Å². The molecule has 0 radical (unpaired) electrons. The van der Waals surface area contributed by atoms with Crippen LogP contribution in [0.2, 0.25) is 0 Å². The molecule has 0 saturated heterocycles. The minimum Gasteiger partial charge on any atom is -0.368 e. The van der Waals surface area contributed by atoms with Crippen LogP contribution in [0, 0.1) is 18.3 Å². The highest BCUT2D eigenvalue weighted by Gasteiger charge is 2.12. The van der Waals surface area contributed by atoms with Crippen molar-refractivity contribution in [2.24, 2.45) is 5.73 Å². The third kappa shape index (κ3) is 3.84. The lowest BCUT2D eigenvalue weighted by Gasteiger charge is -2.12. The van der Waals surface area contributed by atoms with Gasteiger partial charge in [0.2, 0.25) is 11.9 Å². The number of nitriles is 1. The number of anilines is 1. The summed E-state index contributed by atoms with van der Waals surface area (Å²) in [5.41, 5.74) is 10.2. The average Bonchev–Trinajstić information content (AvgIpc) is 2.67. The normalized spacial score (nSPS) is 10.2. The van der Waals surface area contributed by atoms with E-state index in [1.807, 2.05) is 43.3 Å². The fourth-order valence-corrected chi connectivity index (χ4v) is 2.53. The van der Waals surface area contributed by atoms with E-state index in [4.69, 9.17) is 11.0 Å². The third-order valence-corrected chi connectivity index (χ3v) is 3.84. The summed E-state index contributed by atoms with van der Waals surface area (Å²) in [6.45, 7) is 1.97. The number of amides is 1. The Morgan fingerprint density at radius 3 is 2.65 bits per heavy atom. The van der Waals surface area contributed by atoms with Crippen molar-refractivity contribution in [2.75, 3.05) is 11.9 Å². The highest BCUT2D eigenvalue weighted by atomic mass is 16.1. The molecular weight excluding hydrogens is 326 g/mol. The van der Waals surface area contributed by atoms with E-state index in [1.54, 1.807) is 18.3 Å². The van der Waals surface area contributed by atoms with Gasteiger partial charge < -0.3 is 11.1 Å². The summed E-state index contributed by atoms with van der Waals surface area (Å²) in [6.07, 6.45) is 1.68. The molecule has 1 heterocycles. The second-order valence-electron chi connectivity index (χ2n) is 5.83. The monoisotopic (exact) mass is 343 g/mol. The van der Waals surface area contributed by atoms with Gasteiger partial charge >= 0.3 is 0 Å². The predicted molar refractivity (Wildman–Crippen MR) is 100 cm³/mol. The van der Waals surface area contributed by atoms with Crippen LogP contribution in [-0.4, -0.2) is 22.4 Å². The number of aromatic nitrogens is 2. The van der Waals surface area contributed by atoms with Gasteiger partial charge in [-0.2, -0.15) is 5.26 Å². The van der Waals surface area contributed by atoms with Crippen LogP contribution >= 0.6 is 0 Å². The van der Waals surface area contributed by atoms with E-state index >= 15 is 0 Å². The van der Waals surface area contributed by atoms with Crippen molar-refractivity contribution in [1.82, 2.24) is 9.97 Å². The van der Waals surface area contributed by atoms with Gasteiger partial charge in [-0.1, -0.05) is 42.0 Å². The molecule has 0 unspecified atom stereocenters. The summed E-state index contributed by atoms with van der Waals surface area (Å²) < 4.78 is 0. The number of aryl methyl sites for hydroxylation is 1. The zero-order chi connectivity index (χ0) is 18.5. The molecule has 1 amide bonds. The summed E-state index contributed by atoms with van der Waals surface area (Å²) >= 11 is 0. The summed E-state index contributed by atoms with van der Waals surface area (Å²) in [6, 6.07) is 17.4. The fourth-order valence-electron chi connectivity index (χ4n) is 2.53. The fraction of sp³-hybridized carbons (Fsp3) is 0.100. The molecule has 0 aliphatic carbocycles. The van der Waals surface area contributed by atoms with Gasteiger partial charge in [0.1, 0.15) is 0 Å². The van der Waals surface area contributed by atoms with Gasteiger partial charge in [-0.25, -0.2) is 9.97 Å². The van der Waals surface area contributed by atoms with Gasteiger partial charge in [0, 0.05) is 17.3 Å². The topological polar surface area (TPSA) is 105 Å². The molecule has 6 nitrogen and oxygen atoms in total. The standard InChI is InChI=1S/C20H17N5O/c1-13-5-7-15(8-6-13)19-17(16-4-2-3-14(9-16)10-21)11-23-20(25-19)24-12-18(22)26/h2-9,11H,12H2,1H3,(H2,22,26)(H,23,24,25). The number of benzene rings is 2. The molecule has 0 aliphatic rings. The smallest absolute Gasteiger partial charge is 0.236 e. The zero-order valence-corrected chi connectivity index (χ0v) is 14.2. The molecule has 0 bridgehead atoms. The molecule has 3 rings (SSSR count). The van der Waals surface area contributed by atoms with Crippen molar-refractivity contribution >= 4 is 11.9 Å². The van der Waals surface area contributed by atoms with Gasteiger partial charge in [-0.15, -0.1) is 0 Å². The van der Waals surface area contributed by atoms with Crippen LogP contribution in [0.5, 0.6) is 0 Å². The van der Waals surface area contributed by atoms with Gasteiger partial charge in [0.15, 0.2) is 0 Å². The molecule has 0 spiro atoms. The molecule has 0 saturated carbocycles. The van der Waals surface area contributed by atoms with E-state index in [2.05, 4.69) is 21.4 Å². The largest absolute Gasteiger partial charge is 0.368 e. The number of carbonyl (C=O) groups excluding carboxylic acids is 1. The SMILES string of the molecule is Cc1ccc(-c2nc(NCC(N)=O)ncc2-c2cccc(C#N)c2)cc1. The van der Waals surface area contributed by atoms with E-state index in [-0.39, 0.29) is 6.54 Å². The van der Waals surface area contributed by atoms with Crippen molar-refractivity contribution in [3.05, 3.63) is 65.9 Å². The average molecular weight is 343 g/mol. The number of hydrogen-bond donors (Lipinski definition) is 2. The minimum absolute atomic E-state index is 0.0450. The molecule has 26 heavy (non-hydrogen) atoms. The van der Waals surface area contributed by atoms with Crippen LogP contribution in [-0.2, 0) is 4.79 Å². The number of nitrogens with two attached hydrogens (primary N) is 1. The molecule has 128 valence electrons. The molecule has 0 fully saturated rings. The lowest BCUT2D eigenvalue weighted by molar-refractivity contribution is -0.116. The summed E-state index contributed by atoms with van der Waals surface area (Å²) in [7, 11) is 0. The summed E-state index contributed by atoms with van der Waals surface area (Å²) in [4.78, 5) is 19.8. The Kier molecular flexibility index (Phi) is 4.90. The van der Waals surface area contributed by atoms with Crippen molar-refractivity contribution in [3.63, 3.8) is 0 Å². The number of hydrogen-bond acceptors (Lipinski definition) is 5. The van der Waals surface area contributed by atoms with E-state index in [1.165, 1.54) is 0 Å². The van der Waals surface area contributed by atoms with Gasteiger partial charge in [0.05, 0.1) is 23.9 Å². The third-order valence-electron chi connectivity index (χ3n) is 3.84. The van der Waals surface area contributed by atoms with Gasteiger partial charge in [-0.3, -0.25) is 4.79 Å². The van der Waals surface area contributed by atoms with Crippen molar-refractivity contribution < 1.29 is 4.79 Å². The predicted octanol–water partition coefficient (Wildman–Crippen LogP) is 2.89. The van der Waals surface area contributed by atoms with Crippen LogP contribution in [0.15, 0.2) is 54.7 Å². The summed E-state index contributed by atoms with van der Waals surface area (Å²) in [5, 5.41) is 12.0. The highest BCUT2D eigenvalue weighted by Crippen LogP contribution is 2.31. The molecule has 1 aromatic heterocycles. The molecule has 6 heteroatoms. The maximum Gasteiger partial charge on any atom is 0.236 e. The number of nitrogens with one attached hydrogen (secondary N) is 1. The van der Waals surface area contributed by atoms with E-state index in [0.29, 0.717) is 17.2 Å². The Hall–Kier alpha value is -3.72. The van der Waals surface area contributed by atoms with E-state index < -0.39 is 5.91 Å². The first kappa shape index (κ1) is 17.1. The molecular formula is C20H17N5O. The van der Waals surface area contributed by atoms with E-state index in [9.17, 15) is 4.79 Å². The Bertz CT molecular complexity index is 990. The van der Waals surface area contributed by atoms with Crippen LogP contribution < -0.4 is 11.1 Å². The number of rotatable bonds is 5.